The second-order valence-corrected chi connectivity index (χ2v) is 7.52. The van der Waals surface area contributed by atoms with Gasteiger partial charge in [-0.15, -0.1) is 0 Å². The Hall–Kier alpha value is -2.61. The number of amides is 1. The fourth-order valence-electron chi connectivity index (χ4n) is 4.20. The summed E-state index contributed by atoms with van der Waals surface area (Å²) >= 11 is 0. The molecule has 0 saturated carbocycles. The van der Waals surface area contributed by atoms with Crippen molar-refractivity contribution in [2.45, 2.75) is 19.4 Å². The van der Waals surface area contributed by atoms with Crippen molar-refractivity contribution in [1.82, 2.24) is 9.80 Å². The number of aliphatic hydroxyl groups excluding tert-OH is 1. The number of nitrogens with zero attached hydrogens (tertiary/aromatic N) is 1. The van der Waals surface area contributed by atoms with Gasteiger partial charge in [0.15, 0.2) is 11.5 Å². The first kappa shape index (κ1) is 22.1. The van der Waals surface area contributed by atoms with Gasteiger partial charge in [-0.1, -0.05) is 18.2 Å². The summed E-state index contributed by atoms with van der Waals surface area (Å²) in [7, 11) is 4.58. The molecular formula is C23H31N2O5+. The van der Waals surface area contributed by atoms with Gasteiger partial charge in [0.25, 0.3) is 0 Å². The van der Waals surface area contributed by atoms with Gasteiger partial charge in [-0.05, 0) is 30.7 Å². The number of ether oxygens (including phenoxy) is 3. The Bertz CT molecular complexity index is 868. The minimum Gasteiger partial charge on any atom is -0.493 e. The Morgan fingerprint density at radius 2 is 1.67 bits per heavy atom. The lowest BCUT2D eigenvalue weighted by Gasteiger charge is -2.40. The van der Waals surface area contributed by atoms with E-state index in [9.17, 15) is 9.90 Å². The Morgan fingerprint density at radius 1 is 1.07 bits per heavy atom. The minimum atomic E-state index is -0.986. The molecule has 0 spiro atoms. The zero-order chi connectivity index (χ0) is 21.7. The van der Waals surface area contributed by atoms with Crippen LogP contribution in [0.1, 0.15) is 23.7 Å². The van der Waals surface area contributed by atoms with E-state index in [0.717, 1.165) is 24.3 Å². The van der Waals surface area contributed by atoms with E-state index in [0.29, 0.717) is 35.9 Å². The second-order valence-electron chi connectivity index (χ2n) is 7.52. The van der Waals surface area contributed by atoms with Crippen LogP contribution in [-0.4, -0.2) is 58.5 Å². The molecule has 0 aromatic heterocycles. The lowest BCUT2D eigenvalue weighted by atomic mass is 10.0. The van der Waals surface area contributed by atoms with Gasteiger partial charge in [-0.3, -0.25) is 0 Å². The summed E-state index contributed by atoms with van der Waals surface area (Å²) < 4.78 is 16.3. The van der Waals surface area contributed by atoms with E-state index < -0.39 is 6.10 Å². The number of hydrogen-bond acceptors (Lipinski definition) is 6. The summed E-state index contributed by atoms with van der Waals surface area (Å²) in [5.41, 5.74) is 2.63. The highest BCUT2D eigenvalue weighted by atomic mass is 16.5. The predicted molar refractivity (Wildman–Crippen MR) is 116 cm³/mol. The Balaban J connectivity index is 1.92. The van der Waals surface area contributed by atoms with Crippen LogP contribution < -0.4 is 24.0 Å². The molecule has 1 saturated heterocycles. The van der Waals surface area contributed by atoms with Crippen molar-refractivity contribution in [3.63, 3.8) is 0 Å². The highest BCUT2D eigenvalue weighted by Crippen LogP contribution is 2.40. The molecule has 7 nitrogen and oxygen atoms in total. The third-order valence-corrected chi connectivity index (χ3v) is 5.83. The number of methoxy groups -OCH3 is 3. The topological polar surface area (TPSA) is 77.0 Å². The molecule has 1 aliphatic heterocycles. The quantitative estimate of drug-likeness (QED) is 0.677. The Labute approximate surface area is 177 Å². The number of hydrogen-bond donors (Lipinski definition) is 2. The van der Waals surface area contributed by atoms with Crippen LogP contribution in [0.15, 0.2) is 36.4 Å². The van der Waals surface area contributed by atoms with Crippen LogP contribution in [0.3, 0.4) is 0 Å². The zero-order valence-electron chi connectivity index (χ0n) is 18.1. The van der Waals surface area contributed by atoms with Gasteiger partial charge in [0.2, 0.25) is 5.75 Å². The number of aliphatic hydroxyl groups is 1. The maximum absolute atomic E-state index is 13.6. The summed E-state index contributed by atoms with van der Waals surface area (Å²) in [5.74, 6) is 1.34. The first-order chi connectivity index (χ1) is 14.5. The molecule has 1 heterocycles. The molecule has 2 aromatic carbocycles. The summed E-state index contributed by atoms with van der Waals surface area (Å²) in [6.45, 7) is 4.85. The number of aryl methyl sites for hydroxylation is 1. The predicted octanol–water partition coefficient (Wildman–Crippen LogP) is 2.58. The molecule has 0 bridgehead atoms. The normalized spacial score (nSPS) is 16.6. The summed E-state index contributed by atoms with van der Waals surface area (Å²) in [5, 5.41) is 14.3. The van der Waals surface area contributed by atoms with Gasteiger partial charge in [-0.25, -0.2) is 9.28 Å². The Morgan fingerprint density at radius 3 is 2.20 bits per heavy atom. The highest BCUT2D eigenvalue weighted by molar-refractivity contribution is 5.90. The minimum absolute atomic E-state index is 0.00697. The van der Waals surface area contributed by atoms with Crippen molar-refractivity contribution in [1.29, 1.82) is 0 Å². The van der Waals surface area contributed by atoms with Crippen LogP contribution in [0.5, 0.6) is 17.2 Å². The van der Waals surface area contributed by atoms with Crippen LogP contribution >= 0.6 is 0 Å². The second kappa shape index (κ2) is 9.47. The highest BCUT2D eigenvalue weighted by Gasteiger charge is 2.42. The van der Waals surface area contributed by atoms with Gasteiger partial charge in [0.05, 0.1) is 33.9 Å². The smallest absolute Gasteiger partial charge is 0.321 e. The van der Waals surface area contributed by atoms with E-state index in [1.54, 1.807) is 12.1 Å². The number of carbonyl (C=O) groups excluding carboxylic acids is 1. The molecule has 2 aromatic rings. The third-order valence-electron chi connectivity index (χ3n) is 5.83. The first-order valence-corrected chi connectivity index (χ1v) is 10.1. The number of rotatable bonds is 7. The van der Waals surface area contributed by atoms with Crippen LogP contribution in [-0.2, 0) is 4.79 Å². The molecule has 1 amide bonds. The molecule has 0 aliphatic carbocycles. The zero-order valence-corrected chi connectivity index (χ0v) is 18.1. The monoisotopic (exact) mass is 415 g/mol. The molecule has 1 aliphatic rings. The van der Waals surface area contributed by atoms with E-state index in [2.05, 4.69) is 5.32 Å². The number of nitrogens with one attached hydrogen (secondary N) is 1. The van der Waals surface area contributed by atoms with Crippen molar-refractivity contribution in [2.24, 2.45) is 0 Å². The molecule has 1 unspecified atom stereocenters. The lowest BCUT2D eigenvalue weighted by Crippen LogP contribution is -2.63. The first-order valence-electron chi connectivity index (χ1n) is 10.1. The van der Waals surface area contributed by atoms with Crippen molar-refractivity contribution in [2.75, 3.05) is 47.5 Å². The number of piperazine rings is 1. The molecule has 1 fully saturated rings. The van der Waals surface area contributed by atoms with Gasteiger partial charge >= 0.3 is 5.91 Å². The van der Waals surface area contributed by atoms with Gasteiger partial charge in [-0.2, -0.15) is 0 Å². The van der Waals surface area contributed by atoms with Gasteiger partial charge < -0.3 is 24.6 Å². The molecule has 1 atom stereocenters. The lowest BCUT2D eigenvalue weighted by molar-refractivity contribution is -0.133. The van der Waals surface area contributed by atoms with Crippen molar-refractivity contribution in [3.05, 3.63) is 47.5 Å². The molecule has 7 heteroatoms. The van der Waals surface area contributed by atoms with E-state index in [-0.39, 0.29) is 16.8 Å². The maximum atomic E-state index is 13.6. The van der Waals surface area contributed by atoms with Crippen LogP contribution in [0, 0.1) is 6.92 Å². The van der Waals surface area contributed by atoms with Crippen molar-refractivity contribution >= 4 is 11.6 Å². The number of quaternary nitrogens is 1. The van der Waals surface area contributed by atoms with Gasteiger partial charge in [0.1, 0.15) is 18.8 Å². The van der Waals surface area contributed by atoms with Crippen molar-refractivity contribution < 1.29 is 24.1 Å². The molecule has 2 N–H and O–H groups in total. The number of para-hydroxylation sites is 1. The van der Waals surface area contributed by atoms with Crippen LogP contribution in [0.2, 0.25) is 0 Å². The maximum Gasteiger partial charge on any atom is 0.321 e. The summed E-state index contributed by atoms with van der Waals surface area (Å²) in [6.07, 6.45) is -0.993. The number of benzene rings is 2. The fourth-order valence-corrected chi connectivity index (χ4v) is 4.20. The molecule has 30 heavy (non-hydrogen) atoms. The summed E-state index contributed by atoms with van der Waals surface area (Å²) in [4.78, 5) is 13.6. The molecule has 0 radical (unpaired) electrons. The Kier molecular flexibility index (Phi) is 6.97. The largest absolute Gasteiger partial charge is 0.493 e. The van der Waals surface area contributed by atoms with Crippen LogP contribution in [0.4, 0.5) is 5.69 Å². The SMILES string of the molecule is COc1cc(C(O)CC(=O)[N+]2(c3ccccc3C)CCNCC2)cc(OC)c1OC. The average molecular weight is 416 g/mol. The van der Waals surface area contributed by atoms with Crippen molar-refractivity contribution in [3.8, 4) is 17.2 Å². The van der Waals surface area contributed by atoms with Crippen LogP contribution in [0.25, 0.3) is 0 Å². The summed E-state index contributed by atoms with van der Waals surface area (Å²) in [6, 6.07) is 11.4. The molecule has 3 rings (SSSR count). The van der Waals surface area contributed by atoms with E-state index in [1.165, 1.54) is 21.3 Å². The fraction of sp³-hybridized carbons (Fsp3) is 0.435. The standard InChI is InChI=1S/C23H31N2O5/c1-16-7-5-6-8-18(16)25(11-9-24-10-12-25)22(27)15-19(26)17-13-20(28-2)23(30-4)21(14-17)29-3/h5-8,13-14,19,24,26H,9-12,15H2,1-4H3/q+1. The van der Waals surface area contributed by atoms with E-state index >= 15 is 0 Å². The third kappa shape index (κ3) is 4.14. The molecular weight excluding hydrogens is 384 g/mol. The number of carbonyl (C=O) groups is 1. The molecule has 162 valence electrons. The average Bonchev–Trinajstić information content (AvgIpc) is 2.78. The van der Waals surface area contributed by atoms with Gasteiger partial charge in [0, 0.05) is 18.7 Å². The van der Waals surface area contributed by atoms with E-state index in [1.807, 2.05) is 31.2 Å². The van der Waals surface area contributed by atoms with E-state index in [4.69, 9.17) is 14.2 Å².